The Hall–Kier alpha value is -1.18. The van der Waals surface area contributed by atoms with Crippen LogP contribution in [0.25, 0.3) is 0 Å². The molecular formula is C18H31NO. The predicted octanol–water partition coefficient (Wildman–Crippen LogP) is 5.06. The standard InChI is InChI=1S/C18H31NO/c1-12(2)11-19-16-14(18(6,7)8)9-13(10-15(16)20)17(3,4)5/h9-10,12,19-20H,11H2,1-8H3. The minimum atomic E-state index is -0.00193. The number of hydrogen-bond donors (Lipinski definition) is 2. The molecule has 2 nitrogen and oxygen atoms in total. The molecule has 0 fully saturated rings. The van der Waals surface area contributed by atoms with Crippen LogP contribution in [0, 0.1) is 5.92 Å². The van der Waals surface area contributed by atoms with Crippen molar-refractivity contribution in [3.8, 4) is 5.75 Å². The number of phenolic OH excluding ortho intramolecular Hbond substituents is 1. The van der Waals surface area contributed by atoms with Crippen molar-refractivity contribution >= 4 is 5.69 Å². The number of rotatable bonds is 3. The summed E-state index contributed by atoms with van der Waals surface area (Å²) >= 11 is 0. The zero-order valence-corrected chi connectivity index (χ0v) is 14.4. The second-order valence-corrected chi connectivity index (χ2v) is 8.19. The summed E-state index contributed by atoms with van der Waals surface area (Å²) in [6.45, 7) is 18.3. The van der Waals surface area contributed by atoms with Crippen LogP contribution in [0.4, 0.5) is 5.69 Å². The second kappa shape index (κ2) is 5.67. The van der Waals surface area contributed by atoms with E-state index in [0.717, 1.165) is 12.2 Å². The number of benzene rings is 1. The number of aromatic hydroxyl groups is 1. The summed E-state index contributed by atoms with van der Waals surface area (Å²) in [6.07, 6.45) is 0. The third kappa shape index (κ3) is 4.16. The van der Waals surface area contributed by atoms with Crippen molar-refractivity contribution in [3.63, 3.8) is 0 Å². The Morgan fingerprint density at radius 3 is 1.95 bits per heavy atom. The van der Waals surface area contributed by atoms with Crippen molar-refractivity contribution in [2.24, 2.45) is 5.92 Å². The molecule has 0 saturated heterocycles. The lowest BCUT2D eigenvalue weighted by atomic mass is 9.79. The van der Waals surface area contributed by atoms with E-state index < -0.39 is 0 Å². The van der Waals surface area contributed by atoms with Gasteiger partial charge in [-0.15, -0.1) is 0 Å². The van der Waals surface area contributed by atoms with Gasteiger partial charge in [-0.1, -0.05) is 61.5 Å². The number of hydrogen-bond acceptors (Lipinski definition) is 2. The van der Waals surface area contributed by atoms with E-state index in [9.17, 15) is 5.11 Å². The molecule has 0 aliphatic carbocycles. The van der Waals surface area contributed by atoms with E-state index in [1.54, 1.807) is 0 Å². The van der Waals surface area contributed by atoms with Gasteiger partial charge in [0.1, 0.15) is 5.75 Å². The molecule has 0 atom stereocenters. The summed E-state index contributed by atoms with van der Waals surface area (Å²) in [6, 6.07) is 4.14. The van der Waals surface area contributed by atoms with E-state index in [4.69, 9.17) is 0 Å². The van der Waals surface area contributed by atoms with Crippen molar-refractivity contribution in [2.45, 2.75) is 66.2 Å². The molecule has 0 radical (unpaired) electrons. The number of phenols is 1. The van der Waals surface area contributed by atoms with E-state index >= 15 is 0 Å². The Kier molecular flexibility index (Phi) is 4.78. The van der Waals surface area contributed by atoms with Crippen LogP contribution in [-0.4, -0.2) is 11.7 Å². The minimum absolute atomic E-state index is 0.00193. The number of anilines is 1. The highest BCUT2D eigenvalue weighted by Crippen LogP contribution is 2.40. The molecule has 2 N–H and O–H groups in total. The molecule has 0 aromatic heterocycles. The van der Waals surface area contributed by atoms with Crippen LogP contribution in [0.3, 0.4) is 0 Å². The molecule has 0 unspecified atom stereocenters. The molecule has 0 saturated carbocycles. The van der Waals surface area contributed by atoms with Crippen molar-refractivity contribution in [1.82, 2.24) is 0 Å². The van der Waals surface area contributed by atoms with Crippen LogP contribution in [0.2, 0.25) is 0 Å². The molecule has 0 amide bonds. The maximum Gasteiger partial charge on any atom is 0.139 e. The van der Waals surface area contributed by atoms with E-state index in [1.165, 1.54) is 11.1 Å². The first-order valence-electron chi connectivity index (χ1n) is 7.54. The van der Waals surface area contributed by atoms with Gasteiger partial charge < -0.3 is 10.4 Å². The quantitative estimate of drug-likeness (QED) is 0.757. The lowest BCUT2D eigenvalue weighted by Crippen LogP contribution is -2.20. The van der Waals surface area contributed by atoms with Crippen LogP contribution in [-0.2, 0) is 10.8 Å². The summed E-state index contributed by atoms with van der Waals surface area (Å²) in [5, 5.41) is 13.9. The van der Waals surface area contributed by atoms with Gasteiger partial charge in [-0.05, 0) is 33.9 Å². The fourth-order valence-electron chi connectivity index (χ4n) is 2.14. The molecular weight excluding hydrogens is 246 g/mol. The van der Waals surface area contributed by atoms with Crippen molar-refractivity contribution in [2.75, 3.05) is 11.9 Å². The van der Waals surface area contributed by atoms with Crippen molar-refractivity contribution in [3.05, 3.63) is 23.3 Å². The van der Waals surface area contributed by atoms with Crippen LogP contribution >= 0.6 is 0 Å². The highest BCUT2D eigenvalue weighted by Gasteiger charge is 2.25. The SMILES string of the molecule is CC(C)CNc1c(O)cc(C(C)(C)C)cc1C(C)(C)C. The van der Waals surface area contributed by atoms with Gasteiger partial charge in [0.15, 0.2) is 0 Å². The second-order valence-electron chi connectivity index (χ2n) is 8.19. The molecule has 114 valence electrons. The molecule has 0 bridgehead atoms. The molecule has 20 heavy (non-hydrogen) atoms. The summed E-state index contributed by atoms with van der Waals surface area (Å²) < 4.78 is 0. The van der Waals surface area contributed by atoms with Gasteiger partial charge in [0.25, 0.3) is 0 Å². The van der Waals surface area contributed by atoms with Gasteiger partial charge in [0.05, 0.1) is 5.69 Å². The van der Waals surface area contributed by atoms with Crippen LogP contribution < -0.4 is 5.32 Å². The monoisotopic (exact) mass is 277 g/mol. The first-order chi connectivity index (χ1) is 8.93. The highest BCUT2D eigenvalue weighted by atomic mass is 16.3. The molecule has 0 spiro atoms. The van der Waals surface area contributed by atoms with Gasteiger partial charge in [-0.25, -0.2) is 0 Å². The fraction of sp³-hybridized carbons (Fsp3) is 0.667. The van der Waals surface area contributed by atoms with Gasteiger partial charge in [0, 0.05) is 6.54 Å². The van der Waals surface area contributed by atoms with Gasteiger partial charge in [-0.3, -0.25) is 0 Å². The zero-order chi connectivity index (χ0) is 15.7. The number of nitrogens with one attached hydrogen (secondary N) is 1. The molecule has 1 rings (SSSR count). The maximum atomic E-state index is 10.4. The summed E-state index contributed by atoms with van der Waals surface area (Å²) in [4.78, 5) is 0. The average molecular weight is 277 g/mol. The highest BCUT2D eigenvalue weighted by molar-refractivity contribution is 5.65. The molecule has 1 aromatic carbocycles. The first kappa shape index (κ1) is 16.9. The largest absolute Gasteiger partial charge is 0.506 e. The van der Waals surface area contributed by atoms with Crippen molar-refractivity contribution in [1.29, 1.82) is 0 Å². The van der Waals surface area contributed by atoms with Crippen LogP contribution in [0.15, 0.2) is 12.1 Å². The third-order valence-corrected chi connectivity index (χ3v) is 3.48. The van der Waals surface area contributed by atoms with E-state index in [-0.39, 0.29) is 10.8 Å². The molecule has 1 aromatic rings. The lowest BCUT2D eigenvalue weighted by molar-refractivity contribution is 0.467. The summed E-state index contributed by atoms with van der Waals surface area (Å²) in [7, 11) is 0. The Morgan fingerprint density at radius 1 is 1.00 bits per heavy atom. The normalized spacial score (nSPS) is 12.8. The molecule has 0 aliphatic heterocycles. The molecule has 2 heteroatoms. The Labute approximate surface area is 124 Å². The molecule has 0 aliphatic rings. The average Bonchev–Trinajstić information content (AvgIpc) is 2.23. The Morgan fingerprint density at radius 2 is 1.55 bits per heavy atom. The Balaban J connectivity index is 3.36. The first-order valence-corrected chi connectivity index (χ1v) is 7.54. The van der Waals surface area contributed by atoms with Crippen LogP contribution in [0.5, 0.6) is 5.75 Å². The smallest absolute Gasteiger partial charge is 0.139 e. The van der Waals surface area contributed by atoms with E-state index in [0.29, 0.717) is 11.7 Å². The zero-order valence-electron chi connectivity index (χ0n) is 14.4. The van der Waals surface area contributed by atoms with Crippen molar-refractivity contribution < 1.29 is 5.11 Å². The Bertz CT molecular complexity index is 462. The topological polar surface area (TPSA) is 32.3 Å². The maximum absolute atomic E-state index is 10.4. The van der Waals surface area contributed by atoms with E-state index in [2.05, 4.69) is 66.8 Å². The van der Waals surface area contributed by atoms with E-state index in [1.807, 2.05) is 6.07 Å². The van der Waals surface area contributed by atoms with Gasteiger partial charge in [0.2, 0.25) is 0 Å². The summed E-state index contributed by atoms with van der Waals surface area (Å²) in [5.74, 6) is 0.910. The van der Waals surface area contributed by atoms with Crippen LogP contribution in [0.1, 0.15) is 66.5 Å². The van der Waals surface area contributed by atoms with Gasteiger partial charge in [-0.2, -0.15) is 0 Å². The predicted molar refractivity (Wildman–Crippen MR) is 88.8 cm³/mol. The third-order valence-electron chi connectivity index (χ3n) is 3.48. The van der Waals surface area contributed by atoms with Gasteiger partial charge >= 0.3 is 0 Å². The summed E-state index contributed by atoms with van der Waals surface area (Å²) in [5.41, 5.74) is 3.28. The lowest BCUT2D eigenvalue weighted by Gasteiger charge is -2.29. The molecule has 0 heterocycles. The minimum Gasteiger partial charge on any atom is -0.506 e. The fourth-order valence-corrected chi connectivity index (χ4v) is 2.14.